The number of thiazole rings is 1. The molecule has 6 nitrogen and oxygen atoms in total. The maximum absolute atomic E-state index is 13.5. The van der Waals surface area contributed by atoms with E-state index in [9.17, 15) is 18.0 Å². The number of rotatable bonds is 4. The van der Waals surface area contributed by atoms with E-state index in [-0.39, 0.29) is 18.0 Å². The number of pyridine rings is 2. The molecule has 1 saturated carbocycles. The fourth-order valence-electron chi connectivity index (χ4n) is 4.65. The molecule has 2 fully saturated rings. The summed E-state index contributed by atoms with van der Waals surface area (Å²) in [7, 11) is 0. The third kappa shape index (κ3) is 3.83. The molecule has 5 rings (SSSR count). The van der Waals surface area contributed by atoms with Gasteiger partial charge in [0.1, 0.15) is 16.5 Å². The molecule has 1 saturated heterocycles. The van der Waals surface area contributed by atoms with Crippen LogP contribution in [0.15, 0.2) is 42.2 Å². The third-order valence-corrected chi connectivity index (χ3v) is 6.86. The van der Waals surface area contributed by atoms with Crippen molar-refractivity contribution in [3.63, 3.8) is 0 Å². The lowest BCUT2D eigenvalue weighted by Gasteiger charge is -2.34. The Morgan fingerprint density at radius 1 is 1.19 bits per heavy atom. The molecular weight excluding hydrogens is 439 g/mol. The number of alkyl halides is 3. The van der Waals surface area contributed by atoms with Crippen molar-refractivity contribution in [3.8, 4) is 10.6 Å². The average Bonchev–Trinajstić information content (AvgIpc) is 3.50. The van der Waals surface area contributed by atoms with Crippen molar-refractivity contribution >= 4 is 23.1 Å². The first-order valence-corrected chi connectivity index (χ1v) is 11.1. The minimum Gasteiger partial charge on any atom is -0.365 e. The summed E-state index contributed by atoms with van der Waals surface area (Å²) in [6, 6.07) is 4.14. The predicted molar refractivity (Wildman–Crippen MR) is 114 cm³/mol. The minimum absolute atomic E-state index is 0.0659. The summed E-state index contributed by atoms with van der Waals surface area (Å²) in [6.07, 6.45) is 1.48. The lowest BCUT2D eigenvalue weighted by atomic mass is 10.0. The van der Waals surface area contributed by atoms with E-state index in [1.165, 1.54) is 17.4 Å². The van der Waals surface area contributed by atoms with Gasteiger partial charge >= 0.3 is 6.18 Å². The van der Waals surface area contributed by atoms with Crippen molar-refractivity contribution in [1.29, 1.82) is 0 Å². The summed E-state index contributed by atoms with van der Waals surface area (Å²) in [6.45, 7) is 2.57. The van der Waals surface area contributed by atoms with Crippen LogP contribution in [-0.4, -0.2) is 44.4 Å². The van der Waals surface area contributed by atoms with Crippen LogP contribution in [0.3, 0.4) is 0 Å². The molecular formula is C22H20F3N5OS. The topological polar surface area (TPSA) is 71.0 Å². The molecule has 166 valence electrons. The summed E-state index contributed by atoms with van der Waals surface area (Å²) in [5.74, 6) is 0.569. The van der Waals surface area contributed by atoms with Gasteiger partial charge in [0.2, 0.25) is 0 Å². The number of carbonyl (C=O) groups is 1. The van der Waals surface area contributed by atoms with Gasteiger partial charge in [-0.2, -0.15) is 13.2 Å². The number of halogens is 3. The second-order valence-electron chi connectivity index (χ2n) is 8.29. The molecule has 10 heteroatoms. The van der Waals surface area contributed by atoms with E-state index in [1.54, 1.807) is 12.4 Å². The molecule has 3 atom stereocenters. The molecule has 2 aliphatic rings. The number of anilines is 1. The summed E-state index contributed by atoms with van der Waals surface area (Å²) < 4.78 is 38.4. The second-order valence-corrected chi connectivity index (χ2v) is 9.18. The molecule has 3 aromatic rings. The van der Waals surface area contributed by atoms with Crippen molar-refractivity contribution in [1.82, 2.24) is 19.9 Å². The van der Waals surface area contributed by atoms with Crippen LogP contribution >= 0.6 is 11.3 Å². The standard InChI is InChI=1S/C22H20F3N5OS/c1-12-6-15(20-26-4-5-32-20)19(28-9-12)21(31)30-11-13-7-16(17(30)8-13)29-18-3-2-14(10-27-18)22(23,24)25/h2-6,9-10,13,16-17H,7-8,11H2,1H3,(H,27,29)/t13-,16?,17?/m0/s1. The Morgan fingerprint density at radius 3 is 2.69 bits per heavy atom. The zero-order chi connectivity index (χ0) is 22.5. The maximum Gasteiger partial charge on any atom is 0.417 e. The van der Waals surface area contributed by atoms with Crippen LogP contribution in [0.4, 0.5) is 19.0 Å². The average molecular weight is 459 g/mol. The molecule has 1 N–H and O–H groups in total. The van der Waals surface area contributed by atoms with Crippen LogP contribution in [0.2, 0.25) is 0 Å². The smallest absolute Gasteiger partial charge is 0.365 e. The van der Waals surface area contributed by atoms with E-state index in [0.717, 1.165) is 41.2 Å². The Labute approximate surface area is 186 Å². The first kappa shape index (κ1) is 20.9. The zero-order valence-corrected chi connectivity index (χ0v) is 18.0. The molecule has 0 spiro atoms. The SMILES string of the molecule is Cc1cnc(C(=O)N2C[C@H]3CC(Nc4ccc(C(F)(F)F)cn4)C2C3)c(-c2nccs2)c1. The van der Waals surface area contributed by atoms with Gasteiger partial charge in [-0.15, -0.1) is 11.3 Å². The Bertz CT molecular complexity index is 1130. The highest BCUT2D eigenvalue weighted by Gasteiger charge is 2.47. The van der Waals surface area contributed by atoms with Crippen LogP contribution < -0.4 is 5.32 Å². The first-order valence-electron chi connectivity index (χ1n) is 10.3. The number of aryl methyl sites for hydroxylation is 1. The lowest BCUT2D eigenvalue weighted by molar-refractivity contribution is -0.137. The number of likely N-dealkylation sites (tertiary alicyclic amines) is 1. The number of fused-ring (bicyclic) bond motifs is 2. The van der Waals surface area contributed by atoms with E-state index in [4.69, 9.17) is 0 Å². The van der Waals surface area contributed by atoms with Crippen LogP contribution in [0.5, 0.6) is 0 Å². The number of nitrogens with one attached hydrogen (secondary N) is 1. The summed E-state index contributed by atoms with van der Waals surface area (Å²) in [4.78, 5) is 28.0. The van der Waals surface area contributed by atoms with Gasteiger partial charge in [-0.05, 0) is 49.4 Å². The molecule has 1 aliphatic heterocycles. The normalized spacial score (nSPS) is 22.4. The number of amides is 1. The molecule has 4 heterocycles. The number of nitrogens with zero attached hydrogens (tertiary/aromatic N) is 4. The number of carbonyl (C=O) groups excluding carboxylic acids is 1. The van der Waals surface area contributed by atoms with Gasteiger partial charge < -0.3 is 10.2 Å². The van der Waals surface area contributed by atoms with Crippen molar-refractivity contribution in [3.05, 3.63) is 59.0 Å². The lowest BCUT2D eigenvalue weighted by Crippen LogP contribution is -2.48. The highest BCUT2D eigenvalue weighted by Crippen LogP contribution is 2.40. The van der Waals surface area contributed by atoms with Gasteiger partial charge in [-0.25, -0.2) is 9.97 Å². The van der Waals surface area contributed by atoms with Crippen molar-refractivity contribution in [2.45, 2.75) is 38.0 Å². The highest BCUT2D eigenvalue weighted by atomic mass is 32.1. The predicted octanol–water partition coefficient (Wildman–Crippen LogP) is 4.64. The van der Waals surface area contributed by atoms with Crippen LogP contribution in [0, 0.1) is 12.8 Å². The van der Waals surface area contributed by atoms with E-state index < -0.39 is 11.7 Å². The molecule has 3 aromatic heterocycles. The quantitative estimate of drug-likeness (QED) is 0.615. The molecule has 0 aromatic carbocycles. The van der Waals surface area contributed by atoms with Gasteiger partial charge in [-0.3, -0.25) is 9.78 Å². The Kier molecular flexibility index (Phi) is 5.11. The molecule has 1 aliphatic carbocycles. The molecule has 1 amide bonds. The number of hydrogen-bond donors (Lipinski definition) is 1. The molecule has 2 unspecified atom stereocenters. The van der Waals surface area contributed by atoms with Crippen LogP contribution in [0.1, 0.15) is 34.5 Å². The highest BCUT2D eigenvalue weighted by molar-refractivity contribution is 7.13. The fourth-order valence-corrected chi connectivity index (χ4v) is 5.30. The van der Waals surface area contributed by atoms with Crippen molar-refractivity contribution < 1.29 is 18.0 Å². The van der Waals surface area contributed by atoms with E-state index >= 15 is 0 Å². The van der Waals surface area contributed by atoms with Gasteiger partial charge in [0.15, 0.2) is 0 Å². The summed E-state index contributed by atoms with van der Waals surface area (Å²) in [5, 5.41) is 5.85. The molecule has 32 heavy (non-hydrogen) atoms. The second kappa shape index (κ2) is 7.84. The van der Waals surface area contributed by atoms with Gasteiger partial charge in [0.25, 0.3) is 5.91 Å². The molecule has 2 bridgehead atoms. The number of piperidine rings is 1. The van der Waals surface area contributed by atoms with Crippen LogP contribution in [0.25, 0.3) is 10.6 Å². The van der Waals surface area contributed by atoms with Gasteiger partial charge in [0, 0.05) is 42.1 Å². The number of aromatic nitrogens is 3. The fraction of sp³-hybridized carbons (Fsp3) is 0.364. The monoisotopic (exact) mass is 459 g/mol. The van der Waals surface area contributed by atoms with Crippen molar-refractivity contribution in [2.75, 3.05) is 11.9 Å². The zero-order valence-electron chi connectivity index (χ0n) is 17.1. The summed E-state index contributed by atoms with van der Waals surface area (Å²) >= 11 is 1.46. The number of hydrogen-bond acceptors (Lipinski definition) is 6. The minimum atomic E-state index is -4.42. The van der Waals surface area contributed by atoms with Gasteiger partial charge in [0.05, 0.1) is 11.6 Å². The Morgan fingerprint density at radius 2 is 2.03 bits per heavy atom. The molecule has 0 radical (unpaired) electrons. The first-order chi connectivity index (χ1) is 15.3. The van der Waals surface area contributed by atoms with Crippen molar-refractivity contribution in [2.24, 2.45) is 5.92 Å². The van der Waals surface area contributed by atoms with E-state index in [2.05, 4.69) is 20.3 Å². The summed E-state index contributed by atoms with van der Waals surface area (Å²) in [5.41, 5.74) is 1.27. The Hall–Kier alpha value is -3.01. The van der Waals surface area contributed by atoms with E-state index in [1.807, 2.05) is 23.3 Å². The Balaban J connectivity index is 1.36. The van der Waals surface area contributed by atoms with Crippen LogP contribution in [-0.2, 0) is 6.18 Å². The third-order valence-electron chi connectivity index (χ3n) is 6.06. The van der Waals surface area contributed by atoms with E-state index in [0.29, 0.717) is 24.0 Å². The largest absolute Gasteiger partial charge is 0.417 e. The van der Waals surface area contributed by atoms with Gasteiger partial charge in [-0.1, -0.05) is 0 Å². The maximum atomic E-state index is 13.5.